The Balaban J connectivity index is 0.00000144. The zero-order valence-electron chi connectivity index (χ0n) is 7.08. The SMILES string of the molecule is COc1cc(CN)cc(F)c1O.Cl. The summed E-state index contributed by atoms with van der Waals surface area (Å²) >= 11 is 0. The lowest BCUT2D eigenvalue weighted by Crippen LogP contribution is -1.98. The molecular formula is C8H11ClFNO2. The predicted octanol–water partition coefficient (Wildman–Crippen LogP) is 1.42. The van der Waals surface area contributed by atoms with E-state index in [0.29, 0.717) is 5.56 Å². The number of rotatable bonds is 2. The quantitative estimate of drug-likeness (QED) is 0.771. The highest BCUT2D eigenvalue weighted by molar-refractivity contribution is 5.85. The largest absolute Gasteiger partial charge is 0.502 e. The molecule has 0 fully saturated rings. The van der Waals surface area contributed by atoms with Crippen LogP contribution in [0.4, 0.5) is 4.39 Å². The summed E-state index contributed by atoms with van der Waals surface area (Å²) in [5, 5.41) is 9.08. The first-order valence-electron chi connectivity index (χ1n) is 3.44. The molecule has 0 aromatic heterocycles. The summed E-state index contributed by atoms with van der Waals surface area (Å²) in [6.45, 7) is 0.216. The number of phenolic OH excluding ortho intramolecular Hbond substituents is 1. The van der Waals surface area contributed by atoms with Gasteiger partial charge >= 0.3 is 0 Å². The Bertz CT molecular complexity index is 294. The Morgan fingerprint density at radius 2 is 2.15 bits per heavy atom. The number of aromatic hydroxyl groups is 1. The lowest BCUT2D eigenvalue weighted by molar-refractivity contribution is 0.356. The molecule has 3 N–H and O–H groups in total. The summed E-state index contributed by atoms with van der Waals surface area (Å²) < 4.78 is 17.6. The molecule has 13 heavy (non-hydrogen) atoms. The third-order valence-corrected chi connectivity index (χ3v) is 1.54. The van der Waals surface area contributed by atoms with Gasteiger partial charge in [0.05, 0.1) is 7.11 Å². The van der Waals surface area contributed by atoms with E-state index < -0.39 is 11.6 Å². The van der Waals surface area contributed by atoms with Crippen LogP contribution >= 0.6 is 12.4 Å². The Labute approximate surface area is 81.7 Å². The van der Waals surface area contributed by atoms with Crippen LogP contribution in [-0.4, -0.2) is 12.2 Å². The first-order chi connectivity index (χ1) is 5.69. The van der Waals surface area contributed by atoms with Gasteiger partial charge in [0.1, 0.15) is 0 Å². The minimum absolute atomic E-state index is 0. The summed E-state index contributed by atoms with van der Waals surface area (Å²) in [6.07, 6.45) is 0. The van der Waals surface area contributed by atoms with Crippen LogP contribution in [0.5, 0.6) is 11.5 Å². The topological polar surface area (TPSA) is 55.5 Å². The molecule has 3 nitrogen and oxygen atoms in total. The number of benzene rings is 1. The van der Waals surface area contributed by atoms with Crippen LogP contribution in [0.25, 0.3) is 0 Å². The molecule has 0 amide bonds. The van der Waals surface area contributed by atoms with E-state index in [9.17, 15) is 4.39 Å². The molecule has 0 aliphatic carbocycles. The maximum atomic E-state index is 12.8. The van der Waals surface area contributed by atoms with Gasteiger partial charge < -0.3 is 15.6 Å². The van der Waals surface area contributed by atoms with Gasteiger partial charge in [0.25, 0.3) is 0 Å². The molecule has 0 aliphatic rings. The van der Waals surface area contributed by atoms with Gasteiger partial charge in [-0.15, -0.1) is 12.4 Å². The van der Waals surface area contributed by atoms with Crippen molar-refractivity contribution in [1.29, 1.82) is 0 Å². The number of nitrogens with two attached hydrogens (primary N) is 1. The normalized spacial score (nSPS) is 9.15. The fraction of sp³-hybridized carbons (Fsp3) is 0.250. The zero-order chi connectivity index (χ0) is 9.14. The van der Waals surface area contributed by atoms with Gasteiger partial charge in [-0.2, -0.15) is 0 Å². The molecule has 0 aliphatic heterocycles. The molecular weight excluding hydrogens is 197 g/mol. The van der Waals surface area contributed by atoms with E-state index in [1.54, 1.807) is 0 Å². The average Bonchev–Trinajstić information content (AvgIpc) is 2.09. The van der Waals surface area contributed by atoms with Gasteiger partial charge in [0.15, 0.2) is 17.3 Å². The maximum Gasteiger partial charge on any atom is 0.194 e. The highest BCUT2D eigenvalue weighted by Gasteiger charge is 2.08. The second-order valence-electron chi connectivity index (χ2n) is 2.33. The second kappa shape index (κ2) is 4.89. The molecule has 5 heteroatoms. The molecule has 0 saturated carbocycles. The van der Waals surface area contributed by atoms with E-state index in [1.807, 2.05) is 0 Å². The molecule has 1 aromatic carbocycles. The number of halogens is 2. The van der Waals surface area contributed by atoms with E-state index in [0.717, 1.165) is 0 Å². The number of hydrogen-bond acceptors (Lipinski definition) is 3. The van der Waals surface area contributed by atoms with Crippen LogP contribution in [-0.2, 0) is 6.54 Å². The first kappa shape index (κ1) is 12.0. The lowest BCUT2D eigenvalue weighted by Gasteiger charge is -2.05. The fourth-order valence-electron chi connectivity index (χ4n) is 0.901. The number of phenols is 1. The molecule has 1 rings (SSSR count). The van der Waals surface area contributed by atoms with Gasteiger partial charge in [0.2, 0.25) is 0 Å². The standard InChI is InChI=1S/C8H10FNO2.ClH/c1-12-7-3-5(4-10)2-6(9)8(7)11;/h2-3,11H,4,10H2,1H3;1H. The van der Waals surface area contributed by atoms with Gasteiger partial charge in [-0.3, -0.25) is 0 Å². The van der Waals surface area contributed by atoms with Crippen LogP contribution in [0, 0.1) is 5.82 Å². The summed E-state index contributed by atoms with van der Waals surface area (Å²) in [6, 6.07) is 2.68. The number of hydrogen-bond donors (Lipinski definition) is 2. The van der Waals surface area contributed by atoms with Crippen molar-refractivity contribution in [2.45, 2.75) is 6.54 Å². The van der Waals surface area contributed by atoms with E-state index in [2.05, 4.69) is 0 Å². The molecule has 0 saturated heterocycles. The van der Waals surface area contributed by atoms with Crippen molar-refractivity contribution >= 4 is 12.4 Å². The first-order valence-corrected chi connectivity index (χ1v) is 3.44. The van der Waals surface area contributed by atoms with Crippen molar-refractivity contribution in [2.24, 2.45) is 5.73 Å². The van der Waals surface area contributed by atoms with Crippen LogP contribution in [0.1, 0.15) is 5.56 Å². The Morgan fingerprint density at radius 3 is 2.62 bits per heavy atom. The van der Waals surface area contributed by atoms with Crippen molar-refractivity contribution in [2.75, 3.05) is 7.11 Å². The van der Waals surface area contributed by atoms with Gasteiger partial charge in [-0.25, -0.2) is 4.39 Å². The Hall–Kier alpha value is -1.00. The van der Waals surface area contributed by atoms with Gasteiger partial charge in [-0.1, -0.05) is 0 Å². The summed E-state index contributed by atoms with van der Waals surface area (Å²) in [4.78, 5) is 0. The van der Waals surface area contributed by atoms with Crippen LogP contribution in [0.2, 0.25) is 0 Å². The van der Waals surface area contributed by atoms with Crippen LogP contribution in [0.15, 0.2) is 12.1 Å². The number of ether oxygens (including phenoxy) is 1. The van der Waals surface area contributed by atoms with Crippen molar-refractivity contribution < 1.29 is 14.2 Å². The highest BCUT2D eigenvalue weighted by atomic mass is 35.5. The van der Waals surface area contributed by atoms with Crippen molar-refractivity contribution in [3.8, 4) is 11.5 Å². The smallest absolute Gasteiger partial charge is 0.194 e. The maximum absolute atomic E-state index is 12.8. The van der Waals surface area contributed by atoms with Crippen LogP contribution < -0.4 is 10.5 Å². The van der Waals surface area contributed by atoms with Crippen LogP contribution in [0.3, 0.4) is 0 Å². The van der Waals surface area contributed by atoms with Crippen molar-refractivity contribution in [3.05, 3.63) is 23.5 Å². The Kier molecular flexibility index (Phi) is 4.51. The second-order valence-corrected chi connectivity index (χ2v) is 2.33. The monoisotopic (exact) mass is 207 g/mol. The summed E-state index contributed by atoms with van der Waals surface area (Å²) in [5.74, 6) is -1.08. The van der Waals surface area contributed by atoms with E-state index in [1.165, 1.54) is 19.2 Å². The lowest BCUT2D eigenvalue weighted by atomic mass is 10.2. The summed E-state index contributed by atoms with van der Waals surface area (Å²) in [5.41, 5.74) is 5.87. The number of methoxy groups -OCH3 is 1. The molecule has 0 atom stereocenters. The average molecular weight is 208 g/mol. The van der Waals surface area contributed by atoms with E-state index >= 15 is 0 Å². The summed E-state index contributed by atoms with van der Waals surface area (Å²) in [7, 11) is 1.36. The highest BCUT2D eigenvalue weighted by Crippen LogP contribution is 2.29. The van der Waals surface area contributed by atoms with Crippen molar-refractivity contribution in [1.82, 2.24) is 0 Å². The predicted molar refractivity (Wildman–Crippen MR) is 49.8 cm³/mol. The Morgan fingerprint density at radius 1 is 1.54 bits per heavy atom. The minimum Gasteiger partial charge on any atom is -0.502 e. The van der Waals surface area contributed by atoms with Gasteiger partial charge in [-0.05, 0) is 17.7 Å². The van der Waals surface area contributed by atoms with Gasteiger partial charge in [0, 0.05) is 6.54 Å². The zero-order valence-corrected chi connectivity index (χ0v) is 7.90. The molecule has 74 valence electrons. The molecule has 0 spiro atoms. The molecule has 0 unspecified atom stereocenters. The third-order valence-electron chi connectivity index (χ3n) is 1.54. The molecule has 0 bridgehead atoms. The third kappa shape index (κ3) is 2.47. The minimum atomic E-state index is -0.713. The van der Waals surface area contributed by atoms with E-state index in [-0.39, 0.29) is 24.7 Å². The molecule has 1 aromatic rings. The van der Waals surface area contributed by atoms with E-state index in [4.69, 9.17) is 15.6 Å². The molecule has 0 heterocycles. The van der Waals surface area contributed by atoms with Crippen molar-refractivity contribution in [3.63, 3.8) is 0 Å². The fourth-order valence-corrected chi connectivity index (χ4v) is 0.901. The molecule has 0 radical (unpaired) electrons.